The Morgan fingerprint density at radius 2 is 1.98 bits per heavy atom. The van der Waals surface area contributed by atoms with Gasteiger partial charge in [0, 0.05) is 42.2 Å². The fourth-order valence-corrected chi connectivity index (χ4v) is 4.61. The number of hydrazone groups is 1. The molecule has 4 rings (SSSR count). The first-order valence-corrected chi connectivity index (χ1v) is 13.4. The topological polar surface area (TPSA) is 183 Å². The minimum Gasteiger partial charge on any atom is -0.493 e. The van der Waals surface area contributed by atoms with E-state index in [-0.39, 0.29) is 29.4 Å². The number of nitro benzene ring substituents is 1. The van der Waals surface area contributed by atoms with Gasteiger partial charge in [-0.25, -0.2) is 15.0 Å². The average Bonchev–Trinajstić information content (AvgIpc) is 3.00. The Hall–Kier alpha value is -5.18. The smallest absolute Gasteiger partial charge is 0.338 e. The SMILES string of the molecule is CCOC(=O)C1=C(C)NC(=O)N[C@H]1c1ccc(OCC(=O)N/N=C\c2cc([N+](=O)[O-])ccc2N2CCOCC2)c(OC)c1. The van der Waals surface area contributed by atoms with Gasteiger partial charge >= 0.3 is 12.0 Å². The van der Waals surface area contributed by atoms with E-state index in [4.69, 9.17) is 18.9 Å². The zero-order valence-electron chi connectivity index (χ0n) is 23.9. The number of anilines is 1. The number of non-ortho nitro benzene ring substituents is 1. The van der Waals surface area contributed by atoms with E-state index in [0.29, 0.717) is 43.1 Å². The van der Waals surface area contributed by atoms with Crippen molar-refractivity contribution in [3.63, 3.8) is 0 Å². The molecule has 0 saturated carbocycles. The molecule has 0 bridgehead atoms. The first-order valence-electron chi connectivity index (χ1n) is 13.4. The monoisotopic (exact) mass is 596 g/mol. The van der Waals surface area contributed by atoms with E-state index in [0.717, 1.165) is 5.69 Å². The standard InChI is InChI=1S/C28H32N6O9/c1-4-42-27(36)25-17(2)30-28(37)31-26(25)18-5-8-22(23(14-18)40-3)43-16-24(35)32-29-15-19-13-20(34(38)39)6-7-21(19)33-9-11-41-12-10-33/h5-8,13-15,26H,4,9-12,16H2,1-3H3,(H,32,35)(H2,30,31,37)/b29-15-/t26-/m0/s1. The van der Waals surface area contributed by atoms with Crippen LogP contribution in [0.4, 0.5) is 16.2 Å². The number of rotatable bonds is 11. The van der Waals surface area contributed by atoms with E-state index < -0.39 is 35.5 Å². The molecular weight excluding hydrogens is 564 g/mol. The summed E-state index contributed by atoms with van der Waals surface area (Å²) in [4.78, 5) is 50.1. The van der Waals surface area contributed by atoms with Gasteiger partial charge in [-0.3, -0.25) is 14.9 Å². The molecule has 2 heterocycles. The number of amides is 3. The second kappa shape index (κ2) is 14.1. The predicted octanol–water partition coefficient (Wildman–Crippen LogP) is 2.16. The molecule has 0 spiro atoms. The van der Waals surface area contributed by atoms with E-state index in [2.05, 4.69) is 21.2 Å². The molecule has 3 amide bonds. The Labute approximate surface area is 246 Å². The summed E-state index contributed by atoms with van der Waals surface area (Å²) in [5.41, 5.74) is 4.59. The van der Waals surface area contributed by atoms with Crippen molar-refractivity contribution in [2.24, 2.45) is 5.10 Å². The fraction of sp³-hybridized carbons (Fsp3) is 0.357. The minimum absolute atomic E-state index is 0.104. The first kappa shape index (κ1) is 30.8. The Morgan fingerprint density at radius 1 is 1.21 bits per heavy atom. The number of benzene rings is 2. The summed E-state index contributed by atoms with van der Waals surface area (Å²) in [5, 5.41) is 20.6. The third-order valence-electron chi connectivity index (χ3n) is 6.61. The number of allylic oxidation sites excluding steroid dienone is 1. The number of hydrogen-bond acceptors (Lipinski definition) is 11. The normalized spacial score (nSPS) is 16.8. The van der Waals surface area contributed by atoms with Gasteiger partial charge in [0.1, 0.15) is 0 Å². The molecule has 15 heteroatoms. The van der Waals surface area contributed by atoms with Crippen molar-refractivity contribution in [1.29, 1.82) is 0 Å². The van der Waals surface area contributed by atoms with Crippen LogP contribution in [0.1, 0.15) is 31.0 Å². The second-order valence-corrected chi connectivity index (χ2v) is 9.38. The molecule has 2 aliphatic rings. The van der Waals surface area contributed by atoms with Crippen LogP contribution in [-0.2, 0) is 19.1 Å². The number of carbonyl (C=O) groups is 3. The first-order chi connectivity index (χ1) is 20.7. The predicted molar refractivity (Wildman–Crippen MR) is 154 cm³/mol. The van der Waals surface area contributed by atoms with Crippen LogP contribution in [-0.4, -0.2) is 75.7 Å². The quantitative estimate of drug-likeness (QED) is 0.150. The molecule has 15 nitrogen and oxygen atoms in total. The van der Waals surface area contributed by atoms with E-state index in [1.165, 1.54) is 25.5 Å². The van der Waals surface area contributed by atoms with Crippen LogP contribution in [0.25, 0.3) is 0 Å². The summed E-state index contributed by atoms with van der Waals surface area (Å²) in [6.45, 7) is 5.32. The highest BCUT2D eigenvalue weighted by molar-refractivity contribution is 5.95. The molecular formula is C28H32N6O9. The molecule has 43 heavy (non-hydrogen) atoms. The van der Waals surface area contributed by atoms with Gasteiger partial charge in [-0.05, 0) is 37.6 Å². The molecule has 2 aromatic rings. The van der Waals surface area contributed by atoms with Gasteiger partial charge < -0.3 is 34.5 Å². The molecule has 0 aromatic heterocycles. The minimum atomic E-state index is -0.801. The summed E-state index contributed by atoms with van der Waals surface area (Å²) < 4.78 is 21.6. The van der Waals surface area contributed by atoms with Crippen LogP contribution in [0.2, 0.25) is 0 Å². The summed E-state index contributed by atoms with van der Waals surface area (Å²) in [7, 11) is 1.41. The molecule has 0 aliphatic carbocycles. The van der Waals surface area contributed by atoms with Gasteiger partial charge in [-0.2, -0.15) is 5.10 Å². The molecule has 2 aliphatic heterocycles. The van der Waals surface area contributed by atoms with Crippen LogP contribution < -0.4 is 30.4 Å². The Balaban J connectivity index is 1.43. The average molecular weight is 597 g/mol. The molecule has 1 atom stereocenters. The lowest BCUT2D eigenvalue weighted by atomic mass is 9.95. The van der Waals surface area contributed by atoms with E-state index in [1.54, 1.807) is 38.1 Å². The fourth-order valence-electron chi connectivity index (χ4n) is 4.61. The number of nitro groups is 1. The number of esters is 1. The Kier molecular flexibility index (Phi) is 10.1. The van der Waals surface area contributed by atoms with Gasteiger partial charge in [0.15, 0.2) is 18.1 Å². The zero-order valence-corrected chi connectivity index (χ0v) is 23.9. The van der Waals surface area contributed by atoms with Gasteiger partial charge in [0.2, 0.25) is 0 Å². The van der Waals surface area contributed by atoms with Crippen molar-refractivity contribution < 1.29 is 38.3 Å². The maximum Gasteiger partial charge on any atom is 0.338 e. The number of methoxy groups -OCH3 is 1. The summed E-state index contributed by atoms with van der Waals surface area (Å²) >= 11 is 0. The molecule has 228 valence electrons. The molecule has 0 radical (unpaired) electrons. The molecule has 3 N–H and O–H groups in total. The highest BCUT2D eigenvalue weighted by Crippen LogP contribution is 2.34. The van der Waals surface area contributed by atoms with Gasteiger partial charge in [-0.15, -0.1) is 0 Å². The van der Waals surface area contributed by atoms with Crippen molar-refractivity contribution in [2.45, 2.75) is 19.9 Å². The largest absolute Gasteiger partial charge is 0.493 e. The maximum absolute atomic E-state index is 12.6. The Bertz CT molecular complexity index is 1450. The van der Waals surface area contributed by atoms with Crippen molar-refractivity contribution in [3.8, 4) is 11.5 Å². The van der Waals surface area contributed by atoms with Gasteiger partial charge in [-0.1, -0.05) is 6.07 Å². The number of nitrogens with one attached hydrogen (secondary N) is 3. The zero-order chi connectivity index (χ0) is 30.9. The highest BCUT2D eigenvalue weighted by atomic mass is 16.6. The molecule has 0 unspecified atom stereocenters. The second-order valence-electron chi connectivity index (χ2n) is 9.38. The number of urea groups is 1. The third-order valence-corrected chi connectivity index (χ3v) is 6.61. The lowest BCUT2D eigenvalue weighted by molar-refractivity contribution is -0.384. The summed E-state index contributed by atoms with van der Waals surface area (Å²) in [6.07, 6.45) is 1.34. The van der Waals surface area contributed by atoms with E-state index in [9.17, 15) is 24.5 Å². The third kappa shape index (κ3) is 7.56. The van der Waals surface area contributed by atoms with Crippen molar-refractivity contribution in [2.75, 3.05) is 51.5 Å². The number of carbonyl (C=O) groups excluding carboxylic acids is 3. The van der Waals surface area contributed by atoms with Gasteiger partial charge in [0.25, 0.3) is 11.6 Å². The molecule has 2 aromatic carbocycles. The van der Waals surface area contributed by atoms with Crippen LogP contribution in [0.5, 0.6) is 11.5 Å². The lowest BCUT2D eigenvalue weighted by Gasteiger charge is -2.29. The number of morpholine rings is 1. The van der Waals surface area contributed by atoms with Crippen molar-refractivity contribution >= 4 is 35.5 Å². The highest BCUT2D eigenvalue weighted by Gasteiger charge is 2.32. The van der Waals surface area contributed by atoms with Crippen molar-refractivity contribution in [3.05, 3.63) is 68.9 Å². The van der Waals surface area contributed by atoms with E-state index in [1.807, 2.05) is 4.90 Å². The van der Waals surface area contributed by atoms with Crippen LogP contribution in [0.3, 0.4) is 0 Å². The summed E-state index contributed by atoms with van der Waals surface area (Å²) in [6, 6.07) is 7.94. The van der Waals surface area contributed by atoms with Crippen molar-refractivity contribution in [1.82, 2.24) is 16.1 Å². The molecule has 1 fully saturated rings. The number of ether oxygens (including phenoxy) is 4. The van der Waals surface area contributed by atoms with Crippen LogP contribution in [0, 0.1) is 10.1 Å². The molecule has 1 saturated heterocycles. The maximum atomic E-state index is 12.6. The van der Waals surface area contributed by atoms with Crippen LogP contribution in [0.15, 0.2) is 52.8 Å². The Morgan fingerprint density at radius 3 is 2.67 bits per heavy atom. The van der Waals surface area contributed by atoms with E-state index >= 15 is 0 Å². The van der Waals surface area contributed by atoms with Gasteiger partial charge in [0.05, 0.1) is 49.7 Å². The number of nitrogens with zero attached hydrogens (tertiary/aromatic N) is 3. The lowest BCUT2D eigenvalue weighted by Crippen LogP contribution is -2.45. The number of hydrogen-bond donors (Lipinski definition) is 3. The van der Waals surface area contributed by atoms with Crippen LogP contribution >= 0.6 is 0 Å². The summed E-state index contributed by atoms with van der Waals surface area (Å²) in [5.74, 6) is -0.669.